The molecule has 3 rings (SSSR count). The number of allylic oxidation sites excluding steroid dienone is 5. The molecule has 28 heavy (non-hydrogen) atoms. The second-order valence-corrected chi connectivity index (χ2v) is 7.44. The molecule has 0 radical (unpaired) electrons. The summed E-state index contributed by atoms with van der Waals surface area (Å²) in [7, 11) is 2.02. The molecule has 3 aliphatic rings. The van der Waals surface area contributed by atoms with E-state index < -0.39 is 23.1 Å². The molecule has 0 amide bonds. The number of ether oxygens (including phenoxy) is 1. The number of likely N-dealkylation sites (tertiary alicyclic amines) is 1. The average molecular weight is 404 g/mol. The Hall–Kier alpha value is -1.67. The van der Waals surface area contributed by atoms with Gasteiger partial charge in [-0.05, 0) is 45.9 Å². The van der Waals surface area contributed by atoms with Crippen molar-refractivity contribution in [2.24, 2.45) is 0 Å². The van der Waals surface area contributed by atoms with Gasteiger partial charge in [0.2, 0.25) is 0 Å². The third-order valence-corrected chi connectivity index (χ3v) is 5.01. The number of piperidine rings is 1. The molecule has 2 saturated heterocycles. The lowest BCUT2D eigenvalue weighted by Crippen LogP contribution is -2.39. The van der Waals surface area contributed by atoms with E-state index in [0.717, 1.165) is 32.4 Å². The fraction of sp³-hybridized carbons (Fsp3) is 0.650. The fourth-order valence-electron chi connectivity index (χ4n) is 3.27. The normalized spacial score (nSPS) is 26.1. The number of hydrogen-bond acceptors (Lipinski definition) is 4. The molecule has 0 aromatic carbocycles. The van der Waals surface area contributed by atoms with E-state index in [4.69, 9.17) is 4.74 Å². The Labute approximate surface area is 163 Å². The number of carbonyl (C=O) groups is 1. The predicted molar refractivity (Wildman–Crippen MR) is 99.4 cm³/mol. The Bertz CT molecular complexity index is 628. The zero-order chi connectivity index (χ0) is 20.6. The van der Waals surface area contributed by atoms with E-state index in [9.17, 15) is 22.4 Å². The van der Waals surface area contributed by atoms with Crippen molar-refractivity contribution < 1.29 is 27.1 Å². The largest absolute Gasteiger partial charge is 0.491 e. The lowest BCUT2D eigenvalue weighted by Gasteiger charge is -2.23. The number of carbonyl (C=O) groups excluding carboxylic acids is 1. The van der Waals surface area contributed by atoms with Gasteiger partial charge in [-0.1, -0.05) is 0 Å². The van der Waals surface area contributed by atoms with Crippen LogP contribution in [0.4, 0.5) is 17.6 Å². The van der Waals surface area contributed by atoms with Crippen LogP contribution < -0.4 is 5.32 Å². The first-order valence-corrected chi connectivity index (χ1v) is 9.64. The number of nitrogens with one attached hydrogen (secondary N) is 1. The number of alkyl halides is 1. The minimum absolute atomic E-state index is 0.101. The zero-order valence-electron chi connectivity index (χ0n) is 16.2. The number of hydrogen-bond donors (Lipinski definition) is 1. The van der Waals surface area contributed by atoms with Crippen LogP contribution in [0.5, 0.6) is 0 Å². The maximum Gasteiger partial charge on any atom is 0.168 e. The quantitative estimate of drug-likeness (QED) is 0.569. The van der Waals surface area contributed by atoms with Crippen LogP contribution in [0.15, 0.2) is 35.4 Å². The molecule has 1 aliphatic carbocycles. The molecule has 1 atom stereocenters. The second kappa shape index (κ2) is 10.8. The molecule has 2 heterocycles. The number of aldehydes is 1. The highest BCUT2D eigenvalue weighted by Gasteiger charge is 2.30. The van der Waals surface area contributed by atoms with Gasteiger partial charge in [-0.15, -0.1) is 0 Å². The molecule has 8 heteroatoms. The summed E-state index contributed by atoms with van der Waals surface area (Å²) in [4.78, 5) is 12.3. The Morgan fingerprint density at radius 3 is 2.54 bits per heavy atom. The molecule has 0 aromatic heterocycles. The van der Waals surface area contributed by atoms with Crippen LogP contribution in [0, 0.1) is 0 Å². The molecular formula is C20H28F4N2O2. The number of halogens is 4. The zero-order valence-corrected chi connectivity index (χ0v) is 16.2. The molecule has 0 bridgehead atoms. The van der Waals surface area contributed by atoms with Crippen molar-refractivity contribution in [3.8, 4) is 0 Å². The van der Waals surface area contributed by atoms with Crippen LogP contribution in [-0.2, 0) is 9.53 Å². The third kappa shape index (κ3) is 7.39. The highest BCUT2D eigenvalue weighted by Crippen LogP contribution is 2.28. The van der Waals surface area contributed by atoms with E-state index >= 15 is 0 Å². The fourth-order valence-corrected chi connectivity index (χ4v) is 3.27. The molecule has 0 spiro atoms. The summed E-state index contributed by atoms with van der Waals surface area (Å²) in [5, 5.41) is 2.98. The Morgan fingerprint density at radius 2 is 1.89 bits per heavy atom. The Morgan fingerprint density at radius 1 is 1.18 bits per heavy atom. The monoisotopic (exact) mass is 404 g/mol. The summed E-state index contributed by atoms with van der Waals surface area (Å²) in [6.45, 7) is 3.08. The van der Waals surface area contributed by atoms with Crippen LogP contribution >= 0.6 is 0 Å². The van der Waals surface area contributed by atoms with E-state index in [1.807, 2.05) is 7.05 Å². The summed E-state index contributed by atoms with van der Waals surface area (Å²) < 4.78 is 58.5. The number of rotatable bonds is 3. The molecule has 2 aliphatic heterocycles. The van der Waals surface area contributed by atoms with Gasteiger partial charge in [0.15, 0.2) is 17.8 Å². The molecule has 1 unspecified atom stereocenters. The minimum Gasteiger partial charge on any atom is -0.491 e. The first-order valence-electron chi connectivity index (χ1n) is 9.64. The Balaban J connectivity index is 0.000000261. The van der Waals surface area contributed by atoms with Gasteiger partial charge in [-0.3, -0.25) is 4.79 Å². The molecular weight excluding hydrogens is 376 g/mol. The van der Waals surface area contributed by atoms with Gasteiger partial charge in [0.1, 0.15) is 17.4 Å². The summed E-state index contributed by atoms with van der Waals surface area (Å²) in [5.41, 5.74) is -1.52. The molecule has 0 aromatic rings. The van der Waals surface area contributed by atoms with Crippen LogP contribution in [-0.4, -0.2) is 56.2 Å². The van der Waals surface area contributed by atoms with Crippen molar-refractivity contribution in [1.82, 2.24) is 10.2 Å². The molecule has 0 saturated carbocycles. The van der Waals surface area contributed by atoms with Crippen molar-refractivity contribution in [1.29, 1.82) is 0 Å². The van der Waals surface area contributed by atoms with Crippen molar-refractivity contribution >= 4 is 6.29 Å². The van der Waals surface area contributed by atoms with Gasteiger partial charge in [-0.2, -0.15) is 0 Å². The maximum atomic E-state index is 13.7. The van der Waals surface area contributed by atoms with Gasteiger partial charge < -0.3 is 15.0 Å². The summed E-state index contributed by atoms with van der Waals surface area (Å²) in [5.74, 6) is -2.56. The lowest BCUT2D eigenvalue weighted by molar-refractivity contribution is -0.119. The van der Waals surface area contributed by atoms with E-state index in [1.165, 1.54) is 0 Å². The van der Waals surface area contributed by atoms with Crippen LogP contribution in [0.25, 0.3) is 0 Å². The summed E-state index contributed by atoms with van der Waals surface area (Å²) in [6.07, 6.45) is 4.53. The highest BCUT2D eigenvalue weighted by molar-refractivity contribution is 5.62. The summed E-state index contributed by atoms with van der Waals surface area (Å²) >= 11 is 0. The van der Waals surface area contributed by atoms with Crippen molar-refractivity contribution in [2.75, 3.05) is 33.2 Å². The van der Waals surface area contributed by atoms with E-state index in [0.29, 0.717) is 44.4 Å². The third-order valence-electron chi connectivity index (χ3n) is 5.01. The van der Waals surface area contributed by atoms with Gasteiger partial charge in [0.25, 0.3) is 0 Å². The molecule has 4 nitrogen and oxygen atoms in total. The van der Waals surface area contributed by atoms with Crippen molar-refractivity contribution in [2.45, 2.75) is 50.3 Å². The summed E-state index contributed by atoms with van der Waals surface area (Å²) in [6, 6.07) is 0. The van der Waals surface area contributed by atoms with Crippen molar-refractivity contribution in [3.63, 3.8) is 0 Å². The predicted octanol–water partition coefficient (Wildman–Crippen LogP) is 4.06. The van der Waals surface area contributed by atoms with Crippen LogP contribution in [0.1, 0.15) is 38.5 Å². The van der Waals surface area contributed by atoms with E-state index in [-0.39, 0.29) is 18.3 Å². The first-order chi connectivity index (χ1) is 13.3. The lowest BCUT2D eigenvalue weighted by atomic mass is 9.97. The topological polar surface area (TPSA) is 41.6 Å². The highest BCUT2D eigenvalue weighted by atomic mass is 19.2. The maximum absolute atomic E-state index is 13.7. The molecule has 2 fully saturated rings. The average Bonchev–Trinajstić information content (AvgIpc) is 2.92. The first kappa shape index (κ1) is 22.6. The van der Waals surface area contributed by atoms with Gasteiger partial charge in [-0.25, -0.2) is 17.6 Å². The second-order valence-electron chi connectivity index (χ2n) is 7.44. The number of nitrogens with zero attached hydrogens (tertiary/aromatic N) is 1. The Kier molecular flexibility index (Phi) is 8.69. The molecule has 158 valence electrons. The van der Waals surface area contributed by atoms with Gasteiger partial charge in [0, 0.05) is 31.5 Å². The van der Waals surface area contributed by atoms with Gasteiger partial charge >= 0.3 is 0 Å². The van der Waals surface area contributed by atoms with Crippen LogP contribution in [0.2, 0.25) is 0 Å². The van der Waals surface area contributed by atoms with Crippen LogP contribution in [0.3, 0.4) is 0 Å². The van der Waals surface area contributed by atoms with Crippen molar-refractivity contribution in [3.05, 3.63) is 35.4 Å². The minimum atomic E-state index is -1.52. The van der Waals surface area contributed by atoms with E-state index in [2.05, 4.69) is 10.2 Å². The molecule has 1 N–H and O–H groups in total. The standard InChI is InChI=1S/C14H18F3NO.C6H10FNO/c1-18-5-2-3-12(4-6-18)19-14-9-11(16)7-10(15)8-13(14)17;7-6(5-9)1-3-8-4-2-6/h7-8,12H,2-6,9H2,1H3;5,8H,1-4H2. The van der Waals surface area contributed by atoms with E-state index in [1.54, 1.807) is 0 Å². The smallest absolute Gasteiger partial charge is 0.168 e. The van der Waals surface area contributed by atoms with Gasteiger partial charge in [0.05, 0.1) is 12.5 Å². The SMILES string of the molecule is CN1CCCC(OC2=C(F)C=C(F)C=C(F)C2)CC1.O=CC1(F)CCNCC1.